The van der Waals surface area contributed by atoms with E-state index in [0.29, 0.717) is 12.8 Å². The van der Waals surface area contributed by atoms with Gasteiger partial charge in [-0.3, -0.25) is 14.4 Å². The maximum Gasteiger partial charge on any atom is 0.306 e. The Morgan fingerprint density at radius 3 is 2.56 bits per heavy atom. The lowest BCUT2D eigenvalue weighted by molar-refractivity contribution is -0.228. The monoisotopic (exact) mass is 482 g/mol. The van der Waals surface area contributed by atoms with Crippen molar-refractivity contribution < 1.29 is 37.4 Å². The number of hydrogen-bond donors (Lipinski definition) is 1. The minimum absolute atomic E-state index is 0.0490. The van der Waals surface area contributed by atoms with Gasteiger partial charge in [-0.15, -0.1) is 0 Å². The first-order chi connectivity index (χ1) is 15.8. The molecule has 0 spiro atoms. The zero-order valence-electron chi connectivity index (χ0n) is 20.1. The SMILES string of the molecule is CCCC(=O)O[C@]1(C(=O)CF)[C@H](C)C[C@H]2[C@@H]3CCC4=C(F)C(=O)C=C[C@]4(C)[C@@]3(F)[C@@H](O)C[C@@]21C. The van der Waals surface area contributed by atoms with Gasteiger partial charge in [0, 0.05) is 29.1 Å². The topological polar surface area (TPSA) is 80.7 Å². The zero-order valence-corrected chi connectivity index (χ0v) is 20.1. The van der Waals surface area contributed by atoms with E-state index in [4.69, 9.17) is 4.74 Å². The van der Waals surface area contributed by atoms with E-state index in [2.05, 4.69) is 0 Å². The molecule has 8 heteroatoms. The largest absolute Gasteiger partial charge is 0.450 e. The summed E-state index contributed by atoms with van der Waals surface area (Å²) in [6.45, 7) is 5.34. The molecule has 0 unspecified atom stereocenters. The van der Waals surface area contributed by atoms with E-state index in [1.54, 1.807) is 20.8 Å². The van der Waals surface area contributed by atoms with Gasteiger partial charge in [-0.25, -0.2) is 13.2 Å². The van der Waals surface area contributed by atoms with Gasteiger partial charge in [-0.2, -0.15) is 0 Å². The van der Waals surface area contributed by atoms with E-state index in [-0.39, 0.29) is 31.3 Å². The molecular weight excluding hydrogens is 449 g/mol. The smallest absolute Gasteiger partial charge is 0.306 e. The van der Waals surface area contributed by atoms with E-state index < -0.39 is 76.0 Å². The number of esters is 1. The fourth-order valence-corrected chi connectivity index (χ4v) is 8.01. The number of aliphatic hydroxyl groups is 1. The van der Waals surface area contributed by atoms with Crippen LogP contribution in [0.2, 0.25) is 0 Å². The minimum atomic E-state index is -2.30. The molecule has 188 valence electrons. The van der Waals surface area contributed by atoms with E-state index >= 15 is 4.39 Å². The normalized spacial score (nSPS) is 45.5. The second kappa shape index (κ2) is 8.04. The third-order valence-corrected chi connectivity index (χ3v) is 9.54. The number of Topliss-reactive ketones (excluding diaryl/α,β-unsaturated/α-hetero) is 1. The predicted octanol–water partition coefficient (Wildman–Crippen LogP) is 4.52. The van der Waals surface area contributed by atoms with Crippen LogP contribution in [0.3, 0.4) is 0 Å². The molecule has 3 saturated carbocycles. The van der Waals surface area contributed by atoms with Crippen molar-refractivity contribution in [2.45, 2.75) is 83.6 Å². The number of carbonyl (C=O) groups is 3. The second-order valence-corrected chi connectivity index (χ2v) is 11.0. The van der Waals surface area contributed by atoms with Gasteiger partial charge < -0.3 is 9.84 Å². The van der Waals surface area contributed by atoms with Gasteiger partial charge >= 0.3 is 5.97 Å². The predicted molar refractivity (Wildman–Crippen MR) is 118 cm³/mol. The fourth-order valence-electron chi connectivity index (χ4n) is 8.01. The number of hydrogen-bond acceptors (Lipinski definition) is 5. The summed E-state index contributed by atoms with van der Waals surface area (Å²) in [5.41, 5.74) is -6.81. The van der Waals surface area contributed by atoms with Gasteiger partial charge in [0.1, 0.15) is 0 Å². The lowest BCUT2D eigenvalue weighted by atomic mass is 9.44. The Labute approximate surface area is 197 Å². The van der Waals surface area contributed by atoms with Crippen molar-refractivity contribution in [1.82, 2.24) is 0 Å². The lowest BCUT2D eigenvalue weighted by Crippen LogP contribution is -2.70. The van der Waals surface area contributed by atoms with Crippen molar-refractivity contribution in [1.29, 1.82) is 0 Å². The van der Waals surface area contributed by atoms with Crippen LogP contribution >= 0.6 is 0 Å². The van der Waals surface area contributed by atoms with Gasteiger partial charge in [0.05, 0.1) is 6.10 Å². The molecule has 5 nitrogen and oxygen atoms in total. The summed E-state index contributed by atoms with van der Waals surface area (Å²) in [7, 11) is 0. The van der Waals surface area contributed by atoms with Gasteiger partial charge in [0.25, 0.3) is 0 Å². The van der Waals surface area contributed by atoms with Crippen LogP contribution in [0.1, 0.15) is 66.2 Å². The van der Waals surface area contributed by atoms with E-state index in [0.717, 1.165) is 6.08 Å². The van der Waals surface area contributed by atoms with E-state index in [9.17, 15) is 28.3 Å². The molecule has 0 bridgehead atoms. The Morgan fingerprint density at radius 2 is 1.94 bits per heavy atom. The molecule has 0 radical (unpaired) electrons. The van der Waals surface area contributed by atoms with Crippen LogP contribution in [0.5, 0.6) is 0 Å². The highest BCUT2D eigenvalue weighted by Gasteiger charge is 2.77. The number of allylic oxidation sites excluding steroid dienone is 4. The van der Waals surface area contributed by atoms with Crippen LogP contribution in [0.25, 0.3) is 0 Å². The van der Waals surface area contributed by atoms with Crippen LogP contribution in [-0.2, 0) is 19.1 Å². The molecule has 0 aromatic carbocycles. The first-order valence-electron chi connectivity index (χ1n) is 12.2. The first-order valence-corrected chi connectivity index (χ1v) is 12.2. The number of halogens is 3. The second-order valence-electron chi connectivity index (χ2n) is 11.0. The summed E-state index contributed by atoms with van der Waals surface area (Å²) < 4.78 is 51.7. The summed E-state index contributed by atoms with van der Waals surface area (Å²) in [6, 6.07) is 0. The van der Waals surface area contributed by atoms with Crippen LogP contribution in [-0.4, -0.2) is 46.7 Å². The van der Waals surface area contributed by atoms with Crippen molar-refractivity contribution in [2.24, 2.45) is 28.6 Å². The molecule has 4 aliphatic carbocycles. The zero-order chi connectivity index (χ0) is 25.3. The molecule has 0 saturated heterocycles. The van der Waals surface area contributed by atoms with Crippen LogP contribution in [0, 0.1) is 28.6 Å². The van der Waals surface area contributed by atoms with Crippen molar-refractivity contribution in [3.8, 4) is 0 Å². The van der Waals surface area contributed by atoms with Crippen molar-refractivity contribution >= 4 is 17.5 Å². The number of rotatable bonds is 5. The Bertz CT molecular complexity index is 991. The highest BCUT2D eigenvalue weighted by Crippen LogP contribution is 2.71. The number of fused-ring (bicyclic) bond motifs is 5. The Kier molecular flexibility index (Phi) is 5.94. The number of ketones is 2. The molecule has 0 aliphatic heterocycles. The highest BCUT2D eigenvalue weighted by atomic mass is 19.1. The van der Waals surface area contributed by atoms with Crippen LogP contribution in [0.15, 0.2) is 23.6 Å². The van der Waals surface area contributed by atoms with Gasteiger partial charge in [-0.05, 0) is 56.6 Å². The van der Waals surface area contributed by atoms with Crippen LogP contribution in [0.4, 0.5) is 13.2 Å². The third-order valence-electron chi connectivity index (χ3n) is 9.54. The number of carbonyl (C=O) groups excluding carboxylic acids is 3. The Morgan fingerprint density at radius 1 is 1.26 bits per heavy atom. The average molecular weight is 483 g/mol. The molecule has 1 N–H and O–H groups in total. The lowest BCUT2D eigenvalue weighted by Gasteiger charge is -2.62. The molecule has 0 aromatic heterocycles. The molecular formula is C26H33F3O5. The van der Waals surface area contributed by atoms with Crippen LogP contribution < -0.4 is 0 Å². The van der Waals surface area contributed by atoms with E-state index in [1.807, 2.05) is 0 Å². The molecule has 3 fully saturated rings. The standard InChI is InChI=1S/C26H33F3O5/c1-5-6-21(33)34-26(20(32)13-27)14(2)11-17-15-7-8-16-22(28)18(30)9-10-23(16,3)25(15,29)19(31)12-24(17,26)4/h9-10,14-15,17,19,31H,5-8,11-13H2,1-4H3/t14-,15+,17+,19+,23+,24+,25+,26+/m1/s1. The number of ether oxygens (including phenoxy) is 1. The maximum absolute atomic E-state index is 17.2. The molecule has 4 aliphatic rings. The first kappa shape index (κ1) is 25.1. The Balaban J connectivity index is 1.85. The minimum Gasteiger partial charge on any atom is -0.450 e. The molecule has 4 rings (SSSR count). The summed E-state index contributed by atoms with van der Waals surface area (Å²) in [5, 5.41) is 11.4. The third kappa shape index (κ3) is 2.86. The summed E-state index contributed by atoms with van der Waals surface area (Å²) >= 11 is 0. The van der Waals surface area contributed by atoms with Gasteiger partial charge in [0.15, 0.2) is 23.8 Å². The maximum atomic E-state index is 17.2. The molecule has 34 heavy (non-hydrogen) atoms. The Hall–Kier alpha value is -1.96. The van der Waals surface area contributed by atoms with Crippen molar-refractivity contribution in [2.75, 3.05) is 6.67 Å². The molecule has 0 aromatic rings. The molecule has 0 amide bonds. The summed E-state index contributed by atoms with van der Waals surface area (Å²) in [4.78, 5) is 37.7. The van der Waals surface area contributed by atoms with Gasteiger partial charge in [-0.1, -0.05) is 26.8 Å². The number of aliphatic hydroxyl groups excluding tert-OH is 1. The van der Waals surface area contributed by atoms with Crippen molar-refractivity contribution in [3.63, 3.8) is 0 Å². The highest BCUT2D eigenvalue weighted by molar-refractivity contribution is 6.04. The summed E-state index contributed by atoms with van der Waals surface area (Å²) in [5.74, 6) is -5.20. The quantitative estimate of drug-likeness (QED) is 0.583. The number of alkyl halides is 2. The fraction of sp³-hybridized carbons (Fsp3) is 0.731. The summed E-state index contributed by atoms with van der Waals surface area (Å²) in [6.07, 6.45) is 1.58. The molecule has 0 heterocycles. The molecule has 8 atom stereocenters. The average Bonchev–Trinajstić information content (AvgIpc) is 2.99. The van der Waals surface area contributed by atoms with Crippen molar-refractivity contribution in [3.05, 3.63) is 23.6 Å². The van der Waals surface area contributed by atoms with Gasteiger partial charge in [0.2, 0.25) is 11.6 Å². The van der Waals surface area contributed by atoms with E-state index in [1.165, 1.54) is 13.0 Å².